The van der Waals surface area contributed by atoms with Gasteiger partial charge in [0, 0.05) is 12.6 Å². The Hall–Kier alpha value is -0.450. The lowest BCUT2D eigenvalue weighted by atomic mass is 10.2. The van der Waals surface area contributed by atoms with E-state index < -0.39 is 5.82 Å². The topological polar surface area (TPSA) is 17.8 Å². The first-order valence-electron chi connectivity index (χ1n) is 6.56. The van der Waals surface area contributed by atoms with Crippen LogP contribution in [0.15, 0.2) is 12.1 Å². The molecule has 0 bridgehead atoms. The first-order chi connectivity index (χ1) is 9.67. The van der Waals surface area contributed by atoms with Crippen LogP contribution in [0.3, 0.4) is 0 Å². The van der Waals surface area contributed by atoms with Gasteiger partial charge in [0.2, 0.25) is 0 Å². The molecule has 0 spiro atoms. The zero-order chi connectivity index (χ0) is 14.5. The van der Waals surface area contributed by atoms with Crippen molar-refractivity contribution < 1.29 is 4.39 Å². The van der Waals surface area contributed by atoms with E-state index in [1.54, 1.807) is 6.07 Å². The molecule has 1 aromatic heterocycles. The maximum Gasteiger partial charge on any atom is 0.144 e. The van der Waals surface area contributed by atoms with Crippen LogP contribution in [0.2, 0.25) is 5.02 Å². The van der Waals surface area contributed by atoms with E-state index in [1.165, 1.54) is 18.2 Å². The van der Waals surface area contributed by atoms with Gasteiger partial charge in [-0.15, -0.1) is 11.6 Å². The van der Waals surface area contributed by atoms with Gasteiger partial charge in [-0.2, -0.15) is 11.8 Å². The molecule has 0 fully saturated rings. The van der Waals surface area contributed by atoms with E-state index in [0.29, 0.717) is 11.4 Å². The summed E-state index contributed by atoms with van der Waals surface area (Å²) < 4.78 is 15.5. The summed E-state index contributed by atoms with van der Waals surface area (Å²) in [6.07, 6.45) is 5.55. The molecule has 1 aromatic carbocycles. The molecular formula is C14H17Cl2FN2S. The minimum atomic E-state index is -0.440. The zero-order valence-electron chi connectivity index (χ0n) is 11.3. The minimum absolute atomic E-state index is 0.127. The summed E-state index contributed by atoms with van der Waals surface area (Å²) >= 11 is 13.7. The SMILES string of the molecule is CSCCCCCn1c(CCl)nc2cc(F)c(Cl)cc21. The van der Waals surface area contributed by atoms with Gasteiger partial charge in [0.15, 0.2) is 0 Å². The van der Waals surface area contributed by atoms with E-state index in [0.717, 1.165) is 30.7 Å². The number of aryl methyl sites for hydroxylation is 1. The number of halogens is 3. The third-order valence-electron chi connectivity index (χ3n) is 3.22. The number of hydrogen-bond donors (Lipinski definition) is 0. The fourth-order valence-corrected chi connectivity index (χ4v) is 3.07. The van der Waals surface area contributed by atoms with Crippen LogP contribution >= 0.6 is 35.0 Å². The molecule has 0 unspecified atom stereocenters. The summed E-state index contributed by atoms with van der Waals surface area (Å²) in [5.41, 5.74) is 1.48. The van der Waals surface area contributed by atoms with Gasteiger partial charge in [-0.05, 0) is 30.9 Å². The lowest BCUT2D eigenvalue weighted by Crippen LogP contribution is -2.02. The Morgan fingerprint density at radius 3 is 2.80 bits per heavy atom. The number of benzene rings is 1. The van der Waals surface area contributed by atoms with Crippen LogP contribution in [0.1, 0.15) is 25.1 Å². The predicted octanol–water partition coefficient (Wildman–Crippen LogP) is 5.10. The Balaban J connectivity index is 2.19. The number of thioether (sulfide) groups is 1. The van der Waals surface area contributed by atoms with E-state index in [1.807, 2.05) is 16.3 Å². The zero-order valence-corrected chi connectivity index (χ0v) is 13.7. The first kappa shape index (κ1) is 15.9. The number of rotatable bonds is 7. The number of alkyl halides is 1. The molecule has 0 N–H and O–H groups in total. The van der Waals surface area contributed by atoms with Gasteiger partial charge in [-0.25, -0.2) is 9.37 Å². The Labute approximate surface area is 132 Å². The lowest BCUT2D eigenvalue weighted by Gasteiger charge is -2.07. The van der Waals surface area contributed by atoms with Crippen molar-refractivity contribution in [2.45, 2.75) is 31.7 Å². The monoisotopic (exact) mass is 334 g/mol. The molecule has 6 heteroatoms. The minimum Gasteiger partial charge on any atom is -0.327 e. The highest BCUT2D eigenvalue weighted by atomic mass is 35.5. The standard InChI is InChI=1S/C14H17Cl2FN2S/c1-20-6-4-2-3-5-19-13-7-10(16)11(17)8-12(13)18-14(19)9-15/h7-8H,2-6,9H2,1H3. The second-order valence-electron chi connectivity index (χ2n) is 4.62. The third kappa shape index (κ3) is 3.60. The summed E-state index contributed by atoms with van der Waals surface area (Å²) in [4.78, 5) is 4.38. The van der Waals surface area contributed by atoms with Crippen molar-refractivity contribution in [1.29, 1.82) is 0 Å². The maximum atomic E-state index is 13.5. The molecular weight excluding hydrogens is 318 g/mol. The van der Waals surface area contributed by atoms with Crippen LogP contribution in [0.4, 0.5) is 4.39 Å². The number of hydrogen-bond acceptors (Lipinski definition) is 2. The third-order valence-corrected chi connectivity index (χ3v) is 4.44. The van der Waals surface area contributed by atoms with Crippen LogP contribution in [0.25, 0.3) is 11.0 Å². The van der Waals surface area contributed by atoms with E-state index in [4.69, 9.17) is 23.2 Å². The average Bonchev–Trinajstić information content (AvgIpc) is 2.76. The van der Waals surface area contributed by atoms with Gasteiger partial charge in [0.05, 0.1) is 21.9 Å². The molecule has 0 aliphatic heterocycles. The lowest BCUT2D eigenvalue weighted by molar-refractivity contribution is 0.601. The van der Waals surface area contributed by atoms with Crippen LogP contribution < -0.4 is 0 Å². The van der Waals surface area contributed by atoms with Crippen molar-refractivity contribution in [1.82, 2.24) is 9.55 Å². The summed E-state index contributed by atoms with van der Waals surface area (Å²) in [5, 5.41) is 0.127. The van der Waals surface area contributed by atoms with Gasteiger partial charge < -0.3 is 4.57 Å². The van der Waals surface area contributed by atoms with Crippen molar-refractivity contribution in [3.05, 3.63) is 28.8 Å². The van der Waals surface area contributed by atoms with Crippen molar-refractivity contribution in [3.63, 3.8) is 0 Å². The van der Waals surface area contributed by atoms with E-state index >= 15 is 0 Å². The fraction of sp³-hybridized carbons (Fsp3) is 0.500. The summed E-state index contributed by atoms with van der Waals surface area (Å²) in [6.45, 7) is 0.842. The second kappa shape index (κ2) is 7.53. The molecule has 0 aliphatic carbocycles. The van der Waals surface area contributed by atoms with E-state index in [2.05, 4.69) is 11.2 Å². The molecule has 2 nitrogen and oxygen atoms in total. The normalized spacial score (nSPS) is 11.4. The molecule has 0 radical (unpaired) electrons. The summed E-state index contributed by atoms with van der Waals surface area (Å²) in [5.74, 6) is 1.83. The van der Waals surface area contributed by atoms with Crippen LogP contribution in [0, 0.1) is 5.82 Å². The Morgan fingerprint density at radius 1 is 1.30 bits per heavy atom. The van der Waals surface area contributed by atoms with Crippen LogP contribution in [0.5, 0.6) is 0 Å². The van der Waals surface area contributed by atoms with E-state index in [9.17, 15) is 4.39 Å². The molecule has 0 saturated heterocycles. The molecule has 1 heterocycles. The average molecular weight is 335 g/mol. The summed E-state index contributed by atoms with van der Waals surface area (Å²) in [6, 6.07) is 3.01. The molecule has 2 rings (SSSR count). The van der Waals surface area contributed by atoms with Gasteiger partial charge in [0.1, 0.15) is 11.6 Å². The van der Waals surface area contributed by atoms with Gasteiger partial charge in [-0.1, -0.05) is 18.0 Å². The highest BCUT2D eigenvalue weighted by molar-refractivity contribution is 7.98. The number of nitrogens with zero attached hydrogens (tertiary/aromatic N) is 2. The molecule has 2 aromatic rings. The fourth-order valence-electron chi connectivity index (χ4n) is 2.21. The Kier molecular flexibility index (Phi) is 6.00. The van der Waals surface area contributed by atoms with Crippen LogP contribution in [-0.2, 0) is 12.4 Å². The second-order valence-corrected chi connectivity index (χ2v) is 6.28. The van der Waals surface area contributed by atoms with Crippen LogP contribution in [-0.4, -0.2) is 21.6 Å². The number of imidazole rings is 1. The molecule has 0 amide bonds. The number of unbranched alkanes of at least 4 members (excludes halogenated alkanes) is 2. The van der Waals surface area contributed by atoms with Gasteiger partial charge in [-0.3, -0.25) is 0 Å². The van der Waals surface area contributed by atoms with E-state index in [-0.39, 0.29) is 5.02 Å². The largest absolute Gasteiger partial charge is 0.327 e. The summed E-state index contributed by atoms with van der Waals surface area (Å²) in [7, 11) is 0. The molecule has 0 saturated carbocycles. The highest BCUT2D eigenvalue weighted by Crippen LogP contribution is 2.25. The maximum absolute atomic E-state index is 13.5. The Morgan fingerprint density at radius 2 is 2.10 bits per heavy atom. The molecule has 110 valence electrons. The highest BCUT2D eigenvalue weighted by Gasteiger charge is 2.12. The van der Waals surface area contributed by atoms with Crippen molar-refractivity contribution in [2.75, 3.05) is 12.0 Å². The molecule has 0 atom stereocenters. The molecule has 0 aliphatic rings. The van der Waals surface area contributed by atoms with Crippen molar-refractivity contribution in [2.24, 2.45) is 0 Å². The number of aromatic nitrogens is 2. The quantitative estimate of drug-likeness (QED) is 0.517. The smallest absolute Gasteiger partial charge is 0.144 e. The molecule has 20 heavy (non-hydrogen) atoms. The Bertz CT molecular complexity index is 586. The van der Waals surface area contributed by atoms with Crippen molar-refractivity contribution in [3.8, 4) is 0 Å². The first-order valence-corrected chi connectivity index (χ1v) is 8.87. The van der Waals surface area contributed by atoms with Gasteiger partial charge in [0.25, 0.3) is 0 Å². The predicted molar refractivity (Wildman–Crippen MR) is 86.5 cm³/mol. The van der Waals surface area contributed by atoms with Gasteiger partial charge >= 0.3 is 0 Å². The number of fused-ring (bicyclic) bond motifs is 1. The van der Waals surface area contributed by atoms with Crippen molar-refractivity contribution >= 4 is 46.0 Å².